The zero-order chi connectivity index (χ0) is 20.0. The predicted octanol–water partition coefficient (Wildman–Crippen LogP) is 5.73. The van der Waals surface area contributed by atoms with Crippen LogP contribution in [0, 0.1) is 5.82 Å². The summed E-state index contributed by atoms with van der Waals surface area (Å²) in [5.41, 5.74) is 3.78. The van der Waals surface area contributed by atoms with Gasteiger partial charge in [-0.1, -0.05) is 35.9 Å². The number of rotatable bonds is 3. The highest BCUT2D eigenvalue weighted by Gasteiger charge is 2.41. The molecular weight excluding hydrogens is 391 g/mol. The standard InChI is InChI=1S/C23H18ClFN2O2/c1-28-18-4-2-3-15(11-18)20-13-21-19-12-16(24)7-10-22(19)29-23(27(21)26-20)14-5-8-17(25)9-6-14/h2-12,21,23H,13H2,1H3. The van der Waals surface area contributed by atoms with Gasteiger partial charge in [-0.2, -0.15) is 5.10 Å². The molecular formula is C23H18ClFN2O2. The summed E-state index contributed by atoms with van der Waals surface area (Å²) >= 11 is 6.26. The third-order valence-electron chi connectivity index (χ3n) is 5.31. The van der Waals surface area contributed by atoms with Gasteiger partial charge in [0.15, 0.2) is 0 Å². The molecule has 146 valence electrons. The lowest BCUT2D eigenvalue weighted by Gasteiger charge is -2.38. The van der Waals surface area contributed by atoms with Crippen LogP contribution in [-0.2, 0) is 0 Å². The Kier molecular flexibility index (Phi) is 4.40. The highest BCUT2D eigenvalue weighted by Crippen LogP contribution is 2.48. The van der Waals surface area contributed by atoms with Gasteiger partial charge in [0.25, 0.3) is 0 Å². The van der Waals surface area contributed by atoms with Crippen molar-refractivity contribution >= 4 is 17.3 Å². The molecule has 29 heavy (non-hydrogen) atoms. The molecule has 2 heterocycles. The highest BCUT2D eigenvalue weighted by molar-refractivity contribution is 6.30. The van der Waals surface area contributed by atoms with Crippen molar-refractivity contribution in [2.45, 2.75) is 18.7 Å². The predicted molar refractivity (Wildman–Crippen MR) is 110 cm³/mol. The van der Waals surface area contributed by atoms with Crippen molar-refractivity contribution in [2.75, 3.05) is 7.11 Å². The topological polar surface area (TPSA) is 34.1 Å². The summed E-state index contributed by atoms with van der Waals surface area (Å²) in [5, 5.41) is 7.50. The lowest BCUT2D eigenvalue weighted by molar-refractivity contribution is -0.0190. The first kappa shape index (κ1) is 18.0. The van der Waals surface area contributed by atoms with Crippen LogP contribution < -0.4 is 9.47 Å². The fourth-order valence-corrected chi connectivity index (χ4v) is 4.06. The van der Waals surface area contributed by atoms with E-state index in [4.69, 9.17) is 26.2 Å². The van der Waals surface area contributed by atoms with Crippen LogP contribution in [0.25, 0.3) is 0 Å². The maximum absolute atomic E-state index is 13.5. The Morgan fingerprint density at radius 3 is 2.72 bits per heavy atom. The Hall–Kier alpha value is -3.05. The molecule has 6 heteroatoms. The summed E-state index contributed by atoms with van der Waals surface area (Å²) in [4.78, 5) is 0. The summed E-state index contributed by atoms with van der Waals surface area (Å²) in [6, 6.07) is 19.8. The van der Waals surface area contributed by atoms with E-state index in [9.17, 15) is 4.39 Å². The molecule has 3 aromatic rings. The Labute approximate surface area is 173 Å². The van der Waals surface area contributed by atoms with Crippen LogP contribution in [0.4, 0.5) is 4.39 Å². The minimum absolute atomic E-state index is 0.0197. The van der Waals surface area contributed by atoms with Crippen LogP contribution in [0.5, 0.6) is 11.5 Å². The second-order valence-corrected chi connectivity index (χ2v) is 7.52. The summed E-state index contributed by atoms with van der Waals surface area (Å²) in [6.45, 7) is 0. The molecule has 0 N–H and O–H groups in total. The minimum atomic E-state index is -0.447. The number of halogens is 2. The molecule has 0 radical (unpaired) electrons. The summed E-state index contributed by atoms with van der Waals surface area (Å²) in [5.74, 6) is 1.27. The summed E-state index contributed by atoms with van der Waals surface area (Å²) in [6.07, 6.45) is 0.263. The Morgan fingerprint density at radius 1 is 1.10 bits per heavy atom. The molecule has 2 aliphatic rings. The fraction of sp³-hybridized carbons (Fsp3) is 0.174. The Balaban J connectivity index is 1.59. The van der Waals surface area contributed by atoms with E-state index in [2.05, 4.69) is 0 Å². The maximum Gasteiger partial charge on any atom is 0.213 e. The number of nitrogens with zero attached hydrogens (tertiary/aromatic N) is 2. The van der Waals surface area contributed by atoms with E-state index < -0.39 is 6.23 Å². The summed E-state index contributed by atoms with van der Waals surface area (Å²) < 4.78 is 25.1. The quantitative estimate of drug-likeness (QED) is 0.555. The van der Waals surface area contributed by atoms with Crippen LogP contribution in [0.3, 0.4) is 0 Å². The maximum atomic E-state index is 13.5. The lowest BCUT2D eigenvalue weighted by atomic mass is 9.96. The molecule has 0 aromatic heterocycles. The molecule has 0 bridgehead atoms. The minimum Gasteiger partial charge on any atom is -0.497 e. The molecule has 2 atom stereocenters. The molecule has 3 aromatic carbocycles. The zero-order valence-corrected chi connectivity index (χ0v) is 16.4. The first-order valence-corrected chi connectivity index (χ1v) is 9.72. The van der Waals surface area contributed by atoms with Crippen molar-refractivity contribution in [3.05, 3.63) is 94.3 Å². The molecule has 2 unspecified atom stereocenters. The molecule has 5 rings (SSSR count). The number of ether oxygens (including phenoxy) is 2. The van der Waals surface area contributed by atoms with Crippen LogP contribution >= 0.6 is 11.6 Å². The number of hydrogen-bond acceptors (Lipinski definition) is 4. The second-order valence-electron chi connectivity index (χ2n) is 7.08. The number of fused-ring (bicyclic) bond motifs is 3. The van der Waals surface area contributed by atoms with Crippen molar-refractivity contribution in [1.82, 2.24) is 5.01 Å². The van der Waals surface area contributed by atoms with E-state index >= 15 is 0 Å². The average molecular weight is 409 g/mol. The first-order valence-electron chi connectivity index (χ1n) is 9.34. The summed E-state index contributed by atoms with van der Waals surface area (Å²) in [7, 11) is 1.65. The normalized spacial score (nSPS) is 19.8. The van der Waals surface area contributed by atoms with E-state index in [1.807, 2.05) is 47.5 Å². The van der Waals surface area contributed by atoms with Gasteiger partial charge in [-0.15, -0.1) is 0 Å². The number of benzene rings is 3. The van der Waals surface area contributed by atoms with E-state index in [0.717, 1.165) is 33.9 Å². The van der Waals surface area contributed by atoms with Gasteiger partial charge < -0.3 is 9.47 Å². The van der Waals surface area contributed by atoms with E-state index in [0.29, 0.717) is 11.4 Å². The fourth-order valence-electron chi connectivity index (χ4n) is 3.88. The Bertz CT molecular complexity index is 1100. The number of methoxy groups -OCH3 is 1. The van der Waals surface area contributed by atoms with E-state index in [1.54, 1.807) is 19.2 Å². The molecule has 0 aliphatic carbocycles. The molecule has 0 saturated heterocycles. The van der Waals surface area contributed by atoms with E-state index in [-0.39, 0.29) is 11.9 Å². The second kappa shape index (κ2) is 7.08. The molecule has 0 fully saturated rings. The number of hydrogen-bond donors (Lipinski definition) is 0. The molecule has 0 spiro atoms. The van der Waals surface area contributed by atoms with Crippen molar-refractivity contribution in [1.29, 1.82) is 0 Å². The average Bonchev–Trinajstić information content (AvgIpc) is 3.20. The van der Waals surface area contributed by atoms with Gasteiger partial charge >= 0.3 is 0 Å². The lowest BCUT2D eigenvalue weighted by Crippen LogP contribution is -2.33. The van der Waals surface area contributed by atoms with Gasteiger partial charge in [0.1, 0.15) is 17.3 Å². The SMILES string of the molecule is COc1cccc(C2=NN3C(C2)c2cc(Cl)ccc2OC3c2ccc(F)cc2)c1. The van der Waals surface area contributed by atoms with Gasteiger partial charge in [0, 0.05) is 28.1 Å². The van der Waals surface area contributed by atoms with Crippen molar-refractivity contribution in [3.63, 3.8) is 0 Å². The van der Waals surface area contributed by atoms with Gasteiger partial charge in [-0.05, 0) is 42.5 Å². The highest BCUT2D eigenvalue weighted by atomic mass is 35.5. The molecule has 0 amide bonds. The third-order valence-corrected chi connectivity index (χ3v) is 5.55. The van der Waals surface area contributed by atoms with Crippen molar-refractivity contribution in [3.8, 4) is 11.5 Å². The van der Waals surface area contributed by atoms with Gasteiger partial charge in [0.2, 0.25) is 6.23 Å². The largest absolute Gasteiger partial charge is 0.497 e. The van der Waals surface area contributed by atoms with Crippen molar-refractivity contribution in [2.24, 2.45) is 5.10 Å². The zero-order valence-electron chi connectivity index (χ0n) is 15.7. The van der Waals surface area contributed by atoms with Crippen molar-refractivity contribution < 1.29 is 13.9 Å². The van der Waals surface area contributed by atoms with Crippen LogP contribution in [0.15, 0.2) is 71.8 Å². The van der Waals surface area contributed by atoms with Crippen LogP contribution in [0.2, 0.25) is 5.02 Å². The first-order chi connectivity index (χ1) is 14.1. The van der Waals surface area contributed by atoms with Gasteiger partial charge in [0.05, 0.1) is 18.9 Å². The third kappa shape index (κ3) is 3.21. The van der Waals surface area contributed by atoms with Crippen LogP contribution in [0.1, 0.15) is 35.4 Å². The Morgan fingerprint density at radius 2 is 1.93 bits per heavy atom. The van der Waals surface area contributed by atoms with Gasteiger partial charge in [-0.3, -0.25) is 0 Å². The number of hydrazone groups is 1. The smallest absolute Gasteiger partial charge is 0.213 e. The molecule has 0 saturated carbocycles. The van der Waals surface area contributed by atoms with Crippen LogP contribution in [-0.4, -0.2) is 17.8 Å². The molecule has 2 aliphatic heterocycles. The van der Waals surface area contributed by atoms with E-state index in [1.165, 1.54) is 12.1 Å². The monoisotopic (exact) mass is 408 g/mol. The van der Waals surface area contributed by atoms with Gasteiger partial charge in [-0.25, -0.2) is 9.40 Å². The molecule has 4 nitrogen and oxygen atoms in total.